The first-order chi connectivity index (χ1) is 11.7. The SMILES string of the molecule is C=C=C=C=C=CC1C(C(=O)OC)C(c2ccccc2)C1C(=O)OC.[HH].[HH]. The van der Waals surface area contributed by atoms with Gasteiger partial charge in [-0.1, -0.05) is 41.8 Å². The Kier molecular flexibility index (Phi) is 5.82. The molecule has 0 heterocycles. The van der Waals surface area contributed by atoms with Gasteiger partial charge in [-0.25, -0.2) is 0 Å². The van der Waals surface area contributed by atoms with Gasteiger partial charge in [0.05, 0.1) is 26.1 Å². The van der Waals surface area contributed by atoms with E-state index in [2.05, 4.69) is 29.5 Å². The third-order valence-electron chi connectivity index (χ3n) is 4.23. The topological polar surface area (TPSA) is 52.6 Å². The van der Waals surface area contributed by atoms with Crippen molar-refractivity contribution in [3.8, 4) is 0 Å². The molecule has 0 N–H and O–H groups in total. The van der Waals surface area contributed by atoms with Crippen molar-refractivity contribution >= 4 is 11.9 Å². The van der Waals surface area contributed by atoms with E-state index in [1.165, 1.54) is 14.2 Å². The average Bonchev–Trinajstić information content (AvgIpc) is 2.60. The number of rotatable bonds is 4. The summed E-state index contributed by atoms with van der Waals surface area (Å²) in [6, 6.07) is 9.42. The van der Waals surface area contributed by atoms with Crippen molar-refractivity contribution in [3.05, 3.63) is 71.5 Å². The fourth-order valence-electron chi connectivity index (χ4n) is 3.18. The highest BCUT2D eigenvalue weighted by Crippen LogP contribution is 2.53. The predicted octanol–water partition coefficient (Wildman–Crippen LogP) is 3.28. The third kappa shape index (κ3) is 3.34. The van der Waals surface area contributed by atoms with Crippen molar-refractivity contribution < 1.29 is 21.9 Å². The molecule has 2 unspecified atom stereocenters. The average molecular weight is 326 g/mol. The molecule has 0 radical (unpaired) electrons. The second-order valence-corrected chi connectivity index (χ2v) is 5.35. The van der Waals surface area contributed by atoms with Gasteiger partial charge in [-0.05, 0) is 29.7 Å². The van der Waals surface area contributed by atoms with Gasteiger partial charge in [0.25, 0.3) is 0 Å². The molecule has 0 bridgehead atoms. The number of allylic oxidation sites excluding steroid dienone is 1. The summed E-state index contributed by atoms with van der Waals surface area (Å²) in [5.74, 6) is -2.38. The first kappa shape index (κ1) is 17.4. The van der Waals surface area contributed by atoms with E-state index in [1.54, 1.807) is 6.08 Å². The van der Waals surface area contributed by atoms with Crippen LogP contribution in [0.2, 0.25) is 0 Å². The van der Waals surface area contributed by atoms with Crippen molar-refractivity contribution in [1.29, 1.82) is 0 Å². The normalized spacial score (nSPS) is 24.1. The molecule has 1 saturated carbocycles. The number of carbonyl (C=O) groups is 2. The number of hydrogen-bond donors (Lipinski definition) is 0. The quantitative estimate of drug-likeness (QED) is 0.629. The van der Waals surface area contributed by atoms with E-state index < -0.39 is 11.8 Å². The van der Waals surface area contributed by atoms with Gasteiger partial charge in [0.1, 0.15) is 0 Å². The summed E-state index contributed by atoms with van der Waals surface area (Å²) in [4.78, 5) is 24.5. The van der Waals surface area contributed by atoms with E-state index >= 15 is 0 Å². The highest BCUT2D eigenvalue weighted by atomic mass is 16.5. The summed E-state index contributed by atoms with van der Waals surface area (Å²) in [6.45, 7) is 3.38. The van der Waals surface area contributed by atoms with Crippen LogP contribution in [-0.2, 0) is 19.1 Å². The maximum atomic E-state index is 12.3. The van der Waals surface area contributed by atoms with Gasteiger partial charge in [-0.15, -0.1) is 0 Å². The van der Waals surface area contributed by atoms with Gasteiger partial charge in [-0.2, -0.15) is 0 Å². The highest BCUT2D eigenvalue weighted by molar-refractivity contribution is 5.84. The lowest BCUT2D eigenvalue weighted by Crippen LogP contribution is -2.52. The number of methoxy groups -OCH3 is 2. The molecule has 1 aliphatic carbocycles. The standard InChI is InChI=1S/C20H18O4.2H2/c1-4-5-6-10-13-15-17(19(21)23-2)16(18(15)20(22)24-3)14-11-8-7-9-12-14;;/h7-9,11-13,15-18H,1H2,2-3H3;2*1H. The number of benzene rings is 1. The minimum Gasteiger partial charge on any atom is -0.469 e. The molecule has 1 aromatic carbocycles. The van der Waals surface area contributed by atoms with Crippen molar-refractivity contribution in [2.45, 2.75) is 5.92 Å². The molecule has 0 amide bonds. The molecule has 24 heavy (non-hydrogen) atoms. The minimum atomic E-state index is -0.483. The number of esters is 2. The first-order valence-electron chi connectivity index (χ1n) is 7.47. The molecule has 1 aromatic rings. The van der Waals surface area contributed by atoms with Crippen LogP contribution in [0.5, 0.6) is 0 Å². The Hall–Kier alpha value is -2.98. The van der Waals surface area contributed by atoms with Gasteiger partial charge in [-0.3, -0.25) is 9.59 Å². The van der Waals surface area contributed by atoms with E-state index in [0.29, 0.717) is 0 Å². The molecule has 0 aliphatic heterocycles. The van der Waals surface area contributed by atoms with Gasteiger partial charge >= 0.3 is 11.9 Å². The van der Waals surface area contributed by atoms with Crippen LogP contribution in [0.15, 0.2) is 65.9 Å². The Labute approximate surface area is 144 Å². The molecule has 1 fully saturated rings. The van der Waals surface area contributed by atoms with E-state index in [-0.39, 0.29) is 26.6 Å². The van der Waals surface area contributed by atoms with Crippen molar-refractivity contribution in [1.82, 2.24) is 0 Å². The van der Waals surface area contributed by atoms with Crippen LogP contribution in [0.1, 0.15) is 14.3 Å². The maximum absolute atomic E-state index is 12.3. The van der Waals surface area contributed by atoms with Crippen LogP contribution in [0.25, 0.3) is 0 Å². The monoisotopic (exact) mass is 326 g/mol. The molecule has 0 spiro atoms. The van der Waals surface area contributed by atoms with Crippen LogP contribution in [0.3, 0.4) is 0 Å². The molecule has 0 saturated heterocycles. The first-order valence-corrected chi connectivity index (χ1v) is 7.47. The summed E-state index contributed by atoms with van der Waals surface area (Å²) < 4.78 is 9.86. The molecule has 1 aliphatic rings. The summed E-state index contributed by atoms with van der Waals surface area (Å²) in [7, 11) is 2.68. The summed E-state index contributed by atoms with van der Waals surface area (Å²) in [6.07, 6.45) is 1.63. The fraction of sp³-hybridized carbons (Fsp3) is 0.300. The summed E-state index contributed by atoms with van der Waals surface area (Å²) >= 11 is 0. The Morgan fingerprint density at radius 3 is 2.17 bits per heavy atom. The third-order valence-corrected chi connectivity index (χ3v) is 4.23. The lowest BCUT2D eigenvalue weighted by atomic mass is 9.54. The summed E-state index contributed by atoms with van der Waals surface area (Å²) in [5, 5.41) is 0. The number of carbonyl (C=O) groups excluding carboxylic acids is 2. The van der Waals surface area contributed by atoms with Crippen LogP contribution < -0.4 is 0 Å². The second-order valence-electron chi connectivity index (χ2n) is 5.35. The van der Waals surface area contributed by atoms with Gasteiger partial charge in [0.15, 0.2) is 0 Å². The highest BCUT2D eigenvalue weighted by Gasteiger charge is 2.57. The predicted molar refractivity (Wildman–Crippen MR) is 92.2 cm³/mol. The van der Waals surface area contributed by atoms with E-state index in [1.807, 2.05) is 30.3 Å². The molecule has 126 valence electrons. The fourth-order valence-corrected chi connectivity index (χ4v) is 3.18. The zero-order valence-electron chi connectivity index (χ0n) is 13.6. The lowest BCUT2D eigenvalue weighted by molar-refractivity contribution is -0.166. The minimum absolute atomic E-state index is 0. The van der Waals surface area contributed by atoms with Crippen molar-refractivity contribution in [3.63, 3.8) is 0 Å². The van der Waals surface area contributed by atoms with E-state index in [0.717, 1.165) is 5.56 Å². The molecular formula is C20H22O4. The summed E-state index contributed by atoms with van der Waals surface area (Å²) in [5.41, 5.74) is 11.2. The molecule has 4 nitrogen and oxygen atoms in total. The van der Waals surface area contributed by atoms with Crippen molar-refractivity contribution in [2.24, 2.45) is 17.8 Å². The van der Waals surface area contributed by atoms with Gasteiger partial charge in [0.2, 0.25) is 0 Å². The largest absolute Gasteiger partial charge is 0.469 e. The van der Waals surface area contributed by atoms with Gasteiger partial charge < -0.3 is 9.47 Å². The molecule has 0 aromatic heterocycles. The number of ether oxygens (including phenoxy) is 2. The van der Waals surface area contributed by atoms with Crippen LogP contribution in [0.4, 0.5) is 0 Å². The Morgan fingerprint density at radius 2 is 1.67 bits per heavy atom. The zero-order valence-corrected chi connectivity index (χ0v) is 13.6. The van der Waals surface area contributed by atoms with Crippen molar-refractivity contribution in [2.75, 3.05) is 14.2 Å². The van der Waals surface area contributed by atoms with Crippen LogP contribution >= 0.6 is 0 Å². The smallest absolute Gasteiger partial charge is 0.309 e. The lowest BCUT2D eigenvalue weighted by Gasteiger charge is -2.47. The zero-order chi connectivity index (χ0) is 17.5. The molecule has 2 rings (SSSR count). The van der Waals surface area contributed by atoms with Crippen LogP contribution in [0, 0.1) is 17.8 Å². The molecule has 2 atom stereocenters. The number of hydrogen-bond acceptors (Lipinski definition) is 4. The Bertz CT molecular complexity index is 755. The Balaban J connectivity index is 0.00000312. The van der Waals surface area contributed by atoms with E-state index in [4.69, 9.17) is 9.47 Å². The van der Waals surface area contributed by atoms with Crippen LogP contribution in [-0.4, -0.2) is 26.2 Å². The Morgan fingerprint density at radius 1 is 1.08 bits per heavy atom. The maximum Gasteiger partial charge on any atom is 0.309 e. The molecular weight excluding hydrogens is 304 g/mol. The van der Waals surface area contributed by atoms with Gasteiger partial charge in [0, 0.05) is 14.7 Å². The van der Waals surface area contributed by atoms with E-state index in [9.17, 15) is 9.59 Å². The second kappa shape index (κ2) is 8.04. The molecule has 4 heteroatoms.